The molecule has 0 aromatic heterocycles. The van der Waals surface area contributed by atoms with Crippen molar-refractivity contribution < 1.29 is 9.53 Å². The van der Waals surface area contributed by atoms with Gasteiger partial charge < -0.3 is 4.74 Å². The molecule has 0 amide bonds. The van der Waals surface area contributed by atoms with Gasteiger partial charge in [-0.15, -0.1) is 0 Å². The fourth-order valence-electron chi connectivity index (χ4n) is 3.68. The highest BCUT2D eigenvalue weighted by Gasteiger charge is 2.61. The summed E-state index contributed by atoms with van der Waals surface area (Å²) in [7, 11) is 0. The number of benzene rings is 1. The monoisotopic (exact) mass is 330 g/mol. The fourth-order valence-corrected chi connectivity index (χ4v) is 3.94. The van der Waals surface area contributed by atoms with Gasteiger partial charge in [0.05, 0.1) is 13.2 Å². The Kier molecular flexibility index (Phi) is 2.60. The van der Waals surface area contributed by atoms with Crippen LogP contribution in [-0.4, -0.2) is 19.0 Å². The van der Waals surface area contributed by atoms with Gasteiger partial charge in [-0.2, -0.15) is 0 Å². The zero-order valence-corrected chi connectivity index (χ0v) is 12.9. The second-order valence-electron chi connectivity index (χ2n) is 5.92. The number of Topliss-reactive ketones (excluding diaryl/α,β-unsaturated/α-hetero) is 1. The van der Waals surface area contributed by atoms with E-state index in [0.717, 1.165) is 35.1 Å². The van der Waals surface area contributed by atoms with Crippen molar-refractivity contribution >= 4 is 21.7 Å². The summed E-state index contributed by atoms with van der Waals surface area (Å²) < 4.78 is 6.60. The number of allylic oxidation sites excluding steroid dienone is 1. The molecule has 0 radical (unpaired) electrons. The number of halogens is 1. The van der Waals surface area contributed by atoms with Crippen molar-refractivity contribution in [3.8, 4) is 0 Å². The average molecular weight is 331 g/mol. The standard InChI is InChI=1S/C17H15BrO2/c1-10-8-20-9-13-14(10)17(6-7-17)15(13)16(19)11-2-4-12(18)5-3-11/h2-5H,6-9H2,1H3. The number of carbonyl (C=O) groups is 1. The molecule has 102 valence electrons. The Hall–Kier alpha value is -1.19. The summed E-state index contributed by atoms with van der Waals surface area (Å²) >= 11 is 3.41. The zero-order valence-electron chi connectivity index (χ0n) is 11.3. The number of fused-ring (bicyclic) bond motifs is 2. The maximum absolute atomic E-state index is 12.8. The van der Waals surface area contributed by atoms with Gasteiger partial charge in [0.25, 0.3) is 0 Å². The van der Waals surface area contributed by atoms with Crippen molar-refractivity contribution in [2.24, 2.45) is 5.41 Å². The minimum Gasteiger partial charge on any atom is -0.372 e. The van der Waals surface area contributed by atoms with E-state index in [1.165, 1.54) is 16.7 Å². The topological polar surface area (TPSA) is 26.3 Å². The van der Waals surface area contributed by atoms with Crippen molar-refractivity contribution in [3.63, 3.8) is 0 Å². The molecular weight excluding hydrogens is 316 g/mol. The molecule has 2 nitrogen and oxygen atoms in total. The number of rotatable bonds is 2. The molecule has 3 heteroatoms. The summed E-state index contributed by atoms with van der Waals surface area (Å²) in [5, 5.41) is 0. The molecule has 3 aliphatic rings. The van der Waals surface area contributed by atoms with Gasteiger partial charge in [0.15, 0.2) is 5.78 Å². The largest absolute Gasteiger partial charge is 0.372 e. The molecule has 0 unspecified atom stereocenters. The first-order chi connectivity index (χ1) is 9.63. The molecule has 0 N–H and O–H groups in total. The van der Waals surface area contributed by atoms with Gasteiger partial charge in [-0.1, -0.05) is 15.9 Å². The average Bonchev–Trinajstić information content (AvgIpc) is 3.21. The first-order valence-electron chi connectivity index (χ1n) is 6.96. The summed E-state index contributed by atoms with van der Waals surface area (Å²) in [5.41, 5.74) is 5.81. The van der Waals surface area contributed by atoms with Gasteiger partial charge >= 0.3 is 0 Å². The van der Waals surface area contributed by atoms with Crippen molar-refractivity contribution in [3.05, 3.63) is 56.6 Å². The van der Waals surface area contributed by atoms with Gasteiger partial charge in [-0.05, 0) is 60.8 Å². The van der Waals surface area contributed by atoms with Crippen molar-refractivity contribution in [2.75, 3.05) is 13.2 Å². The molecule has 1 saturated carbocycles. The smallest absolute Gasteiger partial charge is 0.190 e. The molecule has 1 aromatic carbocycles. The third-order valence-electron chi connectivity index (χ3n) is 4.64. The van der Waals surface area contributed by atoms with Crippen molar-refractivity contribution in [1.29, 1.82) is 0 Å². The summed E-state index contributed by atoms with van der Waals surface area (Å²) in [6.07, 6.45) is 2.25. The van der Waals surface area contributed by atoms with E-state index in [9.17, 15) is 4.79 Å². The van der Waals surface area contributed by atoms with Crippen LogP contribution < -0.4 is 0 Å². The van der Waals surface area contributed by atoms with Crippen LogP contribution in [0.5, 0.6) is 0 Å². The quantitative estimate of drug-likeness (QED) is 0.764. The highest BCUT2D eigenvalue weighted by molar-refractivity contribution is 9.10. The Morgan fingerprint density at radius 2 is 1.90 bits per heavy atom. The minimum absolute atomic E-state index is 0.0906. The van der Waals surface area contributed by atoms with E-state index < -0.39 is 0 Å². The SMILES string of the molecule is CC1=C2C(=C(C(=O)c3ccc(Br)cc3)C23CC3)COC1. The maximum Gasteiger partial charge on any atom is 0.190 e. The van der Waals surface area contributed by atoms with Crippen LogP contribution in [0, 0.1) is 5.41 Å². The number of ketones is 1. The van der Waals surface area contributed by atoms with Gasteiger partial charge in [-0.25, -0.2) is 0 Å². The van der Waals surface area contributed by atoms with Crippen LogP contribution in [0.1, 0.15) is 30.1 Å². The maximum atomic E-state index is 12.8. The third-order valence-corrected chi connectivity index (χ3v) is 5.16. The van der Waals surface area contributed by atoms with E-state index in [1.54, 1.807) is 0 Å². The molecule has 0 atom stereocenters. The van der Waals surface area contributed by atoms with E-state index in [1.807, 2.05) is 24.3 Å². The van der Waals surface area contributed by atoms with Gasteiger partial charge in [0.2, 0.25) is 0 Å². The number of hydrogen-bond acceptors (Lipinski definition) is 2. The number of hydrogen-bond donors (Lipinski definition) is 0. The second kappa shape index (κ2) is 4.15. The van der Waals surface area contributed by atoms with E-state index in [0.29, 0.717) is 6.61 Å². The summed E-state index contributed by atoms with van der Waals surface area (Å²) in [5.74, 6) is 0.187. The molecule has 2 aliphatic carbocycles. The highest BCUT2D eigenvalue weighted by atomic mass is 79.9. The summed E-state index contributed by atoms with van der Waals surface area (Å²) in [6.45, 7) is 3.46. The van der Waals surface area contributed by atoms with Crippen LogP contribution in [0.4, 0.5) is 0 Å². The zero-order chi connectivity index (χ0) is 13.9. The second-order valence-corrected chi connectivity index (χ2v) is 6.84. The van der Waals surface area contributed by atoms with Gasteiger partial charge in [-0.3, -0.25) is 4.79 Å². The molecule has 0 saturated heterocycles. The van der Waals surface area contributed by atoms with E-state index in [-0.39, 0.29) is 11.2 Å². The summed E-state index contributed by atoms with van der Waals surface area (Å²) in [6, 6.07) is 7.65. The Morgan fingerprint density at radius 3 is 2.55 bits per heavy atom. The predicted molar refractivity (Wildman–Crippen MR) is 80.7 cm³/mol. The van der Waals surface area contributed by atoms with Crippen molar-refractivity contribution in [2.45, 2.75) is 19.8 Å². The number of carbonyl (C=O) groups excluding carboxylic acids is 1. The van der Waals surface area contributed by atoms with Crippen LogP contribution >= 0.6 is 15.9 Å². The Morgan fingerprint density at radius 1 is 1.20 bits per heavy atom. The lowest BCUT2D eigenvalue weighted by molar-refractivity contribution is 0.0998. The minimum atomic E-state index is 0.0906. The lowest BCUT2D eigenvalue weighted by Crippen LogP contribution is -2.35. The van der Waals surface area contributed by atoms with E-state index in [2.05, 4.69) is 22.9 Å². The van der Waals surface area contributed by atoms with Crippen molar-refractivity contribution in [1.82, 2.24) is 0 Å². The predicted octanol–water partition coefficient (Wildman–Crippen LogP) is 4.07. The molecular formula is C17H15BrO2. The molecule has 1 aliphatic heterocycles. The lowest BCUT2D eigenvalue weighted by Gasteiger charge is -2.41. The Labute approximate surface area is 126 Å². The molecule has 1 aromatic rings. The highest BCUT2D eigenvalue weighted by Crippen LogP contribution is 2.69. The molecule has 1 spiro atoms. The number of ether oxygens (including phenoxy) is 1. The molecule has 4 rings (SSSR count). The first kappa shape index (κ1) is 12.5. The van der Waals surface area contributed by atoms with Crippen LogP contribution in [0.15, 0.2) is 51.0 Å². The van der Waals surface area contributed by atoms with Crippen LogP contribution in [0.2, 0.25) is 0 Å². The van der Waals surface area contributed by atoms with E-state index >= 15 is 0 Å². The molecule has 1 fully saturated rings. The van der Waals surface area contributed by atoms with Crippen LogP contribution in [0.3, 0.4) is 0 Å². The fraction of sp³-hybridized carbons (Fsp3) is 0.353. The van der Waals surface area contributed by atoms with Crippen LogP contribution in [0.25, 0.3) is 0 Å². The first-order valence-corrected chi connectivity index (χ1v) is 7.75. The van der Waals surface area contributed by atoms with Gasteiger partial charge in [0, 0.05) is 21.0 Å². The molecule has 0 bridgehead atoms. The Bertz CT molecular complexity index is 675. The van der Waals surface area contributed by atoms with E-state index in [4.69, 9.17) is 4.74 Å². The van der Waals surface area contributed by atoms with Crippen LogP contribution in [-0.2, 0) is 4.74 Å². The normalized spacial score (nSPS) is 22.7. The van der Waals surface area contributed by atoms with Gasteiger partial charge in [0.1, 0.15) is 0 Å². The third kappa shape index (κ3) is 1.57. The Balaban J connectivity index is 1.79. The molecule has 1 heterocycles. The summed E-state index contributed by atoms with van der Waals surface area (Å²) in [4.78, 5) is 12.8. The molecule has 20 heavy (non-hydrogen) atoms. The lowest BCUT2D eigenvalue weighted by atomic mass is 9.65.